The SMILES string of the molecule is CC(=O)Nc1ccc(NC(=O)C(C)Sc2ccc(NC(=O)/C(=C/c3ccccc3C)NC(=O)c3ccccc3)cc2)cc1. The number of anilines is 3. The molecule has 0 aromatic heterocycles. The van der Waals surface area contributed by atoms with Crippen LogP contribution in [-0.2, 0) is 14.4 Å². The van der Waals surface area contributed by atoms with Crippen molar-refractivity contribution in [3.8, 4) is 0 Å². The second-order valence-electron chi connectivity index (χ2n) is 9.72. The second kappa shape index (κ2) is 14.7. The van der Waals surface area contributed by atoms with Gasteiger partial charge in [0.05, 0.1) is 5.25 Å². The molecule has 8 nitrogen and oxygen atoms in total. The standard InChI is InChI=1S/C34H32N4O4S/c1-22-9-7-8-12-26(22)21-31(38-33(41)25-10-5-4-6-11-25)34(42)37-29-17-19-30(20-18-29)43-23(2)32(40)36-28-15-13-27(14-16-28)35-24(3)39/h4-21,23H,1-3H3,(H,35,39)(H,36,40)(H,37,42)(H,38,41)/b31-21-. The summed E-state index contributed by atoms with van der Waals surface area (Å²) in [6.45, 7) is 5.17. The molecule has 0 fully saturated rings. The van der Waals surface area contributed by atoms with Crippen LogP contribution in [0, 0.1) is 6.92 Å². The highest BCUT2D eigenvalue weighted by atomic mass is 32.2. The maximum Gasteiger partial charge on any atom is 0.272 e. The summed E-state index contributed by atoms with van der Waals surface area (Å²) in [6.07, 6.45) is 1.66. The van der Waals surface area contributed by atoms with Gasteiger partial charge in [0.1, 0.15) is 5.70 Å². The van der Waals surface area contributed by atoms with Gasteiger partial charge in [-0.2, -0.15) is 0 Å². The van der Waals surface area contributed by atoms with Crippen LogP contribution >= 0.6 is 11.8 Å². The Bertz CT molecular complexity index is 1640. The molecule has 4 amide bonds. The molecule has 4 rings (SSSR count). The van der Waals surface area contributed by atoms with Gasteiger partial charge in [-0.15, -0.1) is 11.8 Å². The summed E-state index contributed by atoms with van der Waals surface area (Å²) in [6, 6.07) is 30.3. The first-order chi connectivity index (χ1) is 20.7. The molecule has 0 spiro atoms. The van der Waals surface area contributed by atoms with Gasteiger partial charge in [0.15, 0.2) is 0 Å². The predicted octanol–water partition coefficient (Wildman–Crippen LogP) is 6.48. The fourth-order valence-electron chi connectivity index (χ4n) is 4.00. The van der Waals surface area contributed by atoms with Crippen molar-refractivity contribution in [2.45, 2.75) is 30.9 Å². The smallest absolute Gasteiger partial charge is 0.272 e. The molecule has 0 radical (unpaired) electrons. The van der Waals surface area contributed by atoms with Gasteiger partial charge in [-0.1, -0.05) is 42.5 Å². The zero-order chi connectivity index (χ0) is 30.8. The summed E-state index contributed by atoms with van der Waals surface area (Å²) in [5, 5.41) is 10.8. The van der Waals surface area contributed by atoms with Crippen molar-refractivity contribution in [1.29, 1.82) is 0 Å². The van der Waals surface area contributed by atoms with E-state index in [0.717, 1.165) is 16.0 Å². The Kier molecular flexibility index (Phi) is 10.5. The van der Waals surface area contributed by atoms with Crippen molar-refractivity contribution in [3.05, 3.63) is 126 Å². The predicted molar refractivity (Wildman–Crippen MR) is 173 cm³/mol. The number of nitrogens with one attached hydrogen (secondary N) is 4. The van der Waals surface area contributed by atoms with Crippen molar-refractivity contribution in [1.82, 2.24) is 5.32 Å². The zero-order valence-corrected chi connectivity index (χ0v) is 24.8. The van der Waals surface area contributed by atoms with Crippen molar-refractivity contribution in [3.63, 3.8) is 0 Å². The first-order valence-corrected chi connectivity index (χ1v) is 14.5. The molecule has 1 atom stereocenters. The highest BCUT2D eigenvalue weighted by Crippen LogP contribution is 2.26. The van der Waals surface area contributed by atoms with Gasteiger partial charge in [-0.3, -0.25) is 19.2 Å². The van der Waals surface area contributed by atoms with Crippen LogP contribution in [-0.4, -0.2) is 28.9 Å². The fourth-order valence-corrected chi connectivity index (χ4v) is 4.87. The Morgan fingerprint density at radius 1 is 0.698 bits per heavy atom. The number of aryl methyl sites for hydroxylation is 1. The van der Waals surface area contributed by atoms with Gasteiger partial charge in [0, 0.05) is 34.4 Å². The largest absolute Gasteiger partial charge is 0.326 e. The fraction of sp³-hybridized carbons (Fsp3) is 0.118. The molecule has 4 aromatic carbocycles. The Balaban J connectivity index is 1.40. The van der Waals surface area contributed by atoms with Gasteiger partial charge >= 0.3 is 0 Å². The molecule has 4 aromatic rings. The van der Waals surface area contributed by atoms with E-state index < -0.39 is 17.1 Å². The summed E-state index contributed by atoms with van der Waals surface area (Å²) >= 11 is 1.38. The van der Waals surface area contributed by atoms with E-state index >= 15 is 0 Å². The van der Waals surface area contributed by atoms with Crippen LogP contribution in [0.5, 0.6) is 0 Å². The van der Waals surface area contributed by atoms with Crippen LogP contribution in [0.15, 0.2) is 114 Å². The van der Waals surface area contributed by atoms with E-state index in [-0.39, 0.29) is 17.5 Å². The first-order valence-electron chi connectivity index (χ1n) is 13.6. The molecule has 218 valence electrons. The van der Waals surface area contributed by atoms with Gasteiger partial charge in [-0.25, -0.2) is 0 Å². The number of carbonyl (C=O) groups is 4. The average molecular weight is 593 g/mol. The van der Waals surface area contributed by atoms with E-state index in [2.05, 4.69) is 21.3 Å². The summed E-state index contributed by atoms with van der Waals surface area (Å²) in [4.78, 5) is 51.0. The Morgan fingerprint density at radius 3 is 1.88 bits per heavy atom. The molecule has 1 unspecified atom stereocenters. The van der Waals surface area contributed by atoms with Crippen molar-refractivity contribution >= 4 is 58.5 Å². The third kappa shape index (κ3) is 9.17. The van der Waals surface area contributed by atoms with Gasteiger partial charge in [0.2, 0.25) is 11.8 Å². The molecule has 0 aliphatic rings. The van der Waals surface area contributed by atoms with E-state index in [0.29, 0.717) is 22.6 Å². The molecule has 0 aliphatic heterocycles. The number of thioether (sulfide) groups is 1. The number of carbonyl (C=O) groups excluding carboxylic acids is 4. The Morgan fingerprint density at radius 2 is 1.26 bits per heavy atom. The maximum absolute atomic E-state index is 13.3. The highest BCUT2D eigenvalue weighted by molar-refractivity contribution is 8.00. The van der Waals surface area contributed by atoms with Crippen LogP contribution in [0.1, 0.15) is 35.3 Å². The molecule has 0 saturated heterocycles. The lowest BCUT2D eigenvalue weighted by Gasteiger charge is -2.14. The molecule has 0 bridgehead atoms. The lowest BCUT2D eigenvalue weighted by atomic mass is 10.1. The molecule has 0 saturated carbocycles. The quantitative estimate of drug-likeness (QED) is 0.124. The normalized spacial score (nSPS) is 11.7. The van der Waals surface area contributed by atoms with Gasteiger partial charge < -0.3 is 21.3 Å². The average Bonchev–Trinajstić information content (AvgIpc) is 3.00. The summed E-state index contributed by atoms with van der Waals surface area (Å²) in [5.41, 5.74) is 4.13. The summed E-state index contributed by atoms with van der Waals surface area (Å²) < 4.78 is 0. The van der Waals surface area contributed by atoms with Crippen LogP contribution < -0.4 is 21.3 Å². The minimum Gasteiger partial charge on any atom is -0.326 e. The molecule has 9 heteroatoms. The van der Waals surface area contributed by atoms with Crippen molar-refractivity contribution in [2.75, 3.05) is 16.0 Å². The minimum absolute atomic E-state index is 0.108. The van der Waals surface area contributed by atoms with Gasteiger partial charge in [0.25, 0.3) is 11.8 Å². The van der Waals surface area contributed by atoms with E-state index in [1.807, 2.05) is 49.4 Å². The van der Waals surface area contributed by atoms with Crippen LogP contribution in [0.2, 0.25) is 0 Å². The molecule has 43 heavy (non-hydrogen) atoms. The zero-order valence-electron chi connectivity index (χ0n) is 24.0. The third-order valence-corrected chi connectivity index (χ3v) is 7.40. The maximum atomic E-state index is 13.3. The molecule has 0 heterocycles. The minimum atomic E-state index is -0.467. The van der Waals surface area contributed by atoms with Crippen LogP contribution in [0.4, 0.5) is 17.1 Å². The number of rotatable bonds is 10. The third-order valence-electron chi connectivity index (χ3n) is 6.28. The molecular weight excluding hydrogens is 560 g/mol. The summed E-state index contributed by atoms with van der Waals surface area (Å²) in [7, 11) is 0. The van der Waals surface area contributed by atoms with E-state index in [9.17, 15) is 19.2 Å². The first kappa shape index (κ1) is 30.8. The Hall–Kier alpha value is -5.15. The lowest BCUT2D eigenvalue weighted by molar-refractivity contribution is -0.115. The number of hydrogen-bond acceptors (Lipinski definition) is 5. The molecular formula is C34H32N4O4S. The van der Waals surface area contributed by atoms with E-state index in [4.69, 9.17) is 0 Å². The molecule has 0 aliphatic carbocycles. The second-order valence-corrected chi connectivity index (χ2v) is 11.1. The number of hydrogen-bond donors (Lipinski definition) is 4. The van der Waals surface area contributed by atoms with Crippen molar-refractivity contribution < 1.29 is 19.2 Å². The Labute approximate surface area is 255 Å². The molecule has 4 N–H and O–H groups in total. The number of amides is 4. The lowest BCUT2D eigenvalue weighted by Crippen LogP contribution is -2.30. The number of benzene rings is 4. The van der Waals surface area contributed by atoms with Crippen molar-refractivity contribution in [2.24, 2.45) is 0 Å². The monoisotopic (exact) mass is 592 g/mol. The van der Waals surface area contributed by atoms with Crippen LogP contribution in [0.3, 0.4) is 0 Å². The van der Waals surface area contributed by atoms with Gasteiger partial charge in [-0.05, 0) is 91.7 Å². The van der Waals surface area contributed by atoms with Crippen LogP contribution in [0.25, 0.3) is 6.08 Å². The summed E-state index contributed by atoms with van der Waals surface area (Å²) in [5.74, 6) is -1.19. The topological polar surface area (TPSA) is 116 Å². The highest BCUT2D eigenvalue weighted by Gasteiger charge is 2.17. The van der Waals surface area contributed by atoms with E-state index in [1.165, 1.54) is 18.7 Å². The van der Waals surface area contributed by atoms with E-state index in [1.54, 1.807) is 73.7 Å².